The van der Waals surface area contributed by atoms with Gasteiger partial charge in [0.15, 0.2) is 0 Å². The fourth-order valence-corrected chi connectivity index (χ4v) is 5.50. The topological polar surface area (TPSA) is 12.5 Å². The predicted molar refractivity (Wildman–Crippen MR) is 95.0 cm³/mol. The van der Waals surface area contributed by atoms with E-state index in [9.17, 15) is 0 Å². The molecule has 0 amide bonds. The minimum absolute atomic E-state index is 0.685. The molecule has 1 aromatic carbocycles. The van der Waals surface area contributed by atoms with Crippen LogP contribution in [0.25, 0.3) is 0 Å². The van der Waals surface area contributed by atoms with Gasteiger partial charge in [-0.1, -0.05) is 31.0 Å². The molecule has 0 aromatic heterocycles. The largest absolute Gasteiger partial charge is 0.496 e. The second-order valence-electron chi connectivity index (χ2n) is 8.09. The lowest BCUT2D eigenvalue weighted by Crippen LogP contribution is -2.42. The van der Waals surface area contributed by atoms with Gasteiger partial charge in [-0.3, -0.25) is 0 Å². The highest BCUT2D eigenvalue weighted by molar-refractivity contribution is 5.36. The Morgan fingerprint density at radius 1 is 1.00 bits per heavy atom. The molecule has 1 aromatic rings. The molecule has 3 saturated carbocycles. The first-order valence-corrected chi connectivity index (χ1v) is 9.68. The number of para-hydroxylation sites is 1. The number of methoxy groups -OCH3 is 1. The number of piperidine rings is 1. The molecular formula is C21H31NO. The first kappa shape index (κ1) is 15.5. The van der Waals surface area contributed by atoms with Crippen LogP contribution in [0.2, 0.25) is 0 Å². The molecule has 0 radical (unpaired) electrons. The van der Waals surface area contributed by atoms with Crippen molar-refractivity contribution in [3.05, 3.63) is 29.8 Å². The Balaban J connectivity index is 1.32. The quantitative estimate of drug-likeness (QED) is 0.799. The number of nitrogens with zero attached hydrogens (tertiary/aromatic N) is 1. The van der Waals surface area contributed by atoms with Gasteiger partial charge in [-0.2, -0.15) is 0 Å². The maximum absolute atomic E-state index is 5.57. The molecule has 3 aliphatic carbocycles. The van der Waals surface area contributed by atoms with E-state index in [4.69, 9.17) is 4.74 Å². The van der Waals surface area contributed by atoms with Crippen LogP contribution >= 0.6 is 0 Å². The van der Waals surface area contributed by atoms with E-state index in [1.165, 1.54) is 70.1 Å². The third-order valence-corrected chi connectivity index (χ3v) is 6.85. The van der Waals surface area contributed by atoms with Crippen LogP contribution in [-0.4, -0.2) is 31.6 Å². The van der Waals surface area contributed by atoms with Gasteiger partial charge in [-0.25, -0.2) is 0 Å². The first-order valence-electron chi connectivity index (χ1n) is 9.68. The van der Waals surface area contributed by atoms with Crippen LogP contribution in [0.5, 0.6) is 5.75 Å². The Morgan fingerprint density at radius 2 is 1.74 bits per heavy atom. The van der Waals surface area contributed by atoms with Crippen molar-refractivity contribution in [1.29, 1.82) is 0 Å². The van der Waals surface area contributed by atoms with Crippen LogP contribution < -0.4 is 4.74 Å². The van der Waals surface area contributed by atoms with E-state index in [1.807, 2.05) is 0 Å². The van der Waals surface area contributed by atoms with Crippen LogP contribution in [0, 0.1) is 17.8 Å². The molecule has 126 valence electrons. The van der Waals surface area contributed by atoms with E-state index in [2.05, 4.69) is 29.2 Å². The number of ether oxygens (including phenoxy) is 1. The highest BCUT2D eigenvalue weighted by Gasteiger charge is 2.36. The van der Waals surface area contributed by atoms with E-state index >= 15 is 0 Å². The minimum Gasteiger partial charge on any atom is -0.496 e. The van der Waals surface area contributed by atoms with Crippen LogP contribution in [-0.2, 0) is 0 Å². The fourth-order valence-electron chi connectivity index (χ4n) is 5.50. The molecule has 1 unspecified atom stereocenters. The van der Waals surface area contributed by atoms with Crippen LogP contribution in [0.3, 0.4) is 0 Å². The third-order valence-electron chi connectivity index (χ3n) is 6.85. The molecule has 4 aliphatic rings. The van der Waals surface area contributed by atoms with Crippen molar-refractivity contribution in [2.45, 2.75) is 50.9 Å². The van der Waals surface area contributed by atoms with E-state index < -0.39 is 0 Å². The Labute approximate surface area is 141 Å². The molecule has 0 N–H and O–H groups in total. The van der Waals surface area contributed by atoms with Gasteiger partial charge in [0.2, 0.25) is 0 Å². The van der Waals surface area contributed by atoms with Crippen molar-refractivity contribution in [2.24, 2.45) is 17.8 Å². The van der Waals surface area contributed by atoms with Gasteiger partial charge in [-0.05, 0) is 80.5 Å². The fraction of sp³-hybridized carbons (Fsp3) is 0.714. The van der Waals surface area contributed by atoms with Gasteiger partial charge in [0.25, 0.3) is 0 Å². The standard InChI is InChI=1S/C21H31NO/c1-23-21-5-3-2-4-20(21)18-10-12-22(13-11-18)15-19-14-16-6-8-17(19)9-7-16/h2-5,16-19H,6-15H2,1H3. The molecule has 2 bridgehead atoms. The second kappa shape index (κ2) is 6.84. The van der Waals surface area contributed by atoms with Gasteiger partial charge < -0.3 is 9.64 Å². The molecule has 4 fully saturated rings. The van der Waals surface area contributed by atoms with Crippen molar-refractivity contribution in [3.8, 4) is 5.75 Å². The zero-order valence-electron chi connectivity index (χ0n) is 14.5. The summed E-state index contributed by atoms with van der Waals surface area (Å²) in [4.78, 5) is 2.76. The highest BCUT2D eigenvalue weighted by Crippen LogP contribution is 2.45. The lowest BCUT2D eigenvalue weighted by molar-refractivity contribution is 0.0588. The van der Waals surface area contributed by atoms with E-state index in [0.29, 0.717) is 5.92 Å². The average molecular weight is 313 g/mol. The zero-order valence-corrected chi connectivity index (χ0v) is 14.5. The second-order valence-corrected chi connectivity index (χ2v) is 8.09. The Hall–Kier alpha value is -1.02. The summed E-state index contributed by atoms with van der Waals surface area (Å²) in [6, 6.07) is 8.61. The number of benzene rings is 1. The van der Waals surface area contributed by atoms with Crippen molar-refractivity contribution >= 4 is 0 Å². The highest BCUT2D eigenvalue weighted by atomic mass is 16.5. The Bertz CT molecular complexity index is 512. The van der Waals surface area contributed by atoms with Gasteiger partial charge in [0.05, 0.1) is 7.11 Å². The van der Waals surface area contributed by atoms with Crippen LogP contribution in [0.4, 0.5) is 0 Å². The summed E-state index contributed by atoms with van der Waals surface area (Å²) in [5.74, 6) is 4.88. The van der Waals surface area contributed by atoms with Crippen molar-refractivity contribution in [1.82, 2.24) is 4.90 Å². The number of hydrogen-bond acceptors (Lipinski definition) is 2. The number of likely N-dealkylation sites (tertiary alicyclic amines) is 1. The summed E-state index contributed by atoms with van der Waals surface area (Å²) in [6.45, 7) is 3.92. The molecule has 1 saturated heterocycles. The van der Waals surface area contributed by atoms with Crippen LogP contribution in [0.1, 0.15) is 56.4 Å². The predicted octanol–water partition coefficient (Wildman–Crippen LogP) is 4.70. The number of rotatable bonds is 4. The number of fused-ring (bicyclic) bond motifs is 3. The molecule has 0 spiro atoms. The summed E-state index contributed by atoms with van der Waals surface area (Å²) in [5.41, 5.74) is 1.42. The SMILES string of the molecule is COc1ccccc1C1CCN(CC2CC3CCC2CC3)CC1. The smallest absolute Gasteiger partial charge is 0.122 e. The summed E-state index contributed by atoms with van der Waals surface area (Å²) in [5, 5.41) is 0. The maximum atomic E-state index is 5.57. The van der Waals surface area contributed by atoms with Crippen molar-refractivity contribution in [3.63, 3.8) is 0 Å². The summed E-state index contributed by atoms with van der Waals surface area (Å²) >= 11 is 0. The summed E-state index contributed by atoms with van der Waals surface area (Å²) < 4.78 is 5.57. The van der Waals surface area contributed by atoms with Crippen molar-refractivity contribution in [2.75, 3.05) is 26.7 Å². The molecular weight excluding hydrogens is 282 g/mol. The molecule has 23 heavy (non-hydrogen) atoms. The van der Waals surface area contributed by atoms with Crippen molar-refractivity contribution < 1.29 is 4.74 Å². The molecule has 1 atom stereocenters. The van der Waals surface area contributed by atoms with Gasteiger partial charge in [0.1, 0.15) is 5.75 Å². The minimum atomic E-state index is 0.685. The molecule has 2 nitrogen and oxygen atoms in total. The summed E-state index contributed by atoms with van der Waals surface area (Å²) in [7, 11) is 1.80. The first-order chi connectivity index (χ1) is 11.3. The molecule has 5 rings (SSSR count). The Morgan fingerprint density at radius 3 is 2.39 bits per heavy atom. The third kappa shape index (κ3) is 3.28. The maximum Gasteiger partial charge on any atom is 0.122 e. The molecule has 1 aliphatic heterocycles. The van der Waals surface area contributed by atoms with E-state index in [0.717, 1.165) is 23.5 Å². The molecule has 1 heterocycles. The lowest BCUT2D eigenvalue weighted by Gasteiger charge is -2.45. The lowest BCUT2D eigenvalue weighted by atomic mass is 9.64. The normalized spacial score (nSPS) is 32.1. The zero-order chi connectivity index (χ0) is 15.6. The van der Waals surface area contributed by atoms with Gasteiger partial charge >= 0.3 is 0 Å². The Kier molecular flexibility index (Phi) is 4.61. The monoisotopic (exact) mass is 313 g/mol. The number of hydrogen-bond donors (Lipinski definition) is 0. The van der Waals surface area contributed by atoms with E-state index in [-0.39, 0.29) is 0 Å². The van der Waals surface area contributed by atoms with E-state index in [1.54, 1.807) is 7.11 Å². The van der Waals surface area contributed by atoms with Gasteiger partial charge in [-0.15, -0.1) is 0 Å². The van der Waals surface area contributed by atoms with Gasteiger partial charge in [0, 0.05) is 6.54 Å². The average Bonchev–Trinajstić information content (AvgIpc) is 2.63. The molecule has 2 heteroatoms. The summed E-state index contributed by atoms with van der Waals surface area (Å²) in [6.07, 6.45) is 10.2. The van der Waals surface area contributed by atoms with Crippen LogP contribution in [0.15, 0.2) is 24.3 Å².